The summed E-state index contributed by atoms with van der Waals surface area (Å²) in [7, 11) is 2.03. The van der Waals surface area contributed by atoms with Crippen LogP contribution in [0.4, 0.5) is 4.79 Å². The molecule has 0 aromatic heterocycles. The van der Waals surface area contributed by atoms with Gasteiger partial charge in [0.1, 0.15) is 12.4 Å². The topological polar surface area (TPSA) is 97.6 Å². The fourth-order valence-corrected chi connectivity index (χ4v) is 4.39. The van der Waals surface area contributed by atoms with Crippen molar-refractivity contribution in [3.63, 3.8) is 0 Å². The predicted molar refractivity (Wildman–Crippen MR) is 97.1 cm³/mol. The molecule has 3 unspecified atom stereocenters. The number of benzene rings is 1. The minimum Gasteiger partial charge on any atom is -0.491 e. The van der Waals surface area contributed by atoms with Crippen molar-refractivity contribution in [2.45, 2.75) is 24.9 Å². The molecule has 1 saturated heterocycles. The number of rotatable bonds is 7. The first-order valence-electron chi connectivity index (χ1n) is 9.11. The lowest BCUT2D eigenvalue weighted by Gasteiger charge is -2.39. The maximum Gasteiger partial charge on any atom is 0.405 e. The number of amides is 1. The van der Waals surface area contributed by atoms with Crippen molar-refractivity contribution in [2.24, 2.45) is 11.8 Å². The van der Waals surface area contributed by atoms with Crippen LogP contribution in [0.2, 0.25) is 0 Å². The van der Waals surface area contributed by atoms with Crippen molar-refractivity contribution >= 4 is 6.09 Å². The second kappa shape index (κ2) is 8.39. The number of ether oxygens (including phenoxy) is 1. The van der Waals surface area contributed by atoms with Crippen molar-refractivity contribution in [3.8, 4) is 11.8 Å². The molecule has 1 aliphatic heterocycles. The second-order valence-corrected chi connectivity index (χ2v) is 7.22. The molecule has 1 aromatic carbocycles. The molecule has 1 amide bonds. The fraction of sp³-hybridized carbons (Fsp3) is 0.579. The van der Waals surface area contributed by atoms with Crippen LogP contribution >= 0.6 is 0 Å². The smallest absolute Gasteiger partial charge is 0.405 e. The number of likely N-dealkylation sites (tertiary alicyclic amines) is 1. The van der Waals surface area contributed by atoms with Crippen molar-refractivity contribution in [1.82, 2.24) is 15.5 Å². The highest BCUT2D eigenvalue weighted by Crippen LogP contribution is 2.36. The summed E-state index contributed by atoms with van der Waals surface area (Å²) >= 11 is 0. The average molecular weight is 358 g/mol. The van der Waals surface area contributed by atoms with Gasteiger partial charge in [-0.15, -0.1) is 0 Å². The minimum atomic E-state index is -1.04. The van der Waals surface area contributed by atoms with Gasteiger partial charge in [0.25, 0.3) is 0 Å². The van der Waals surface area contributed by atoms with Crippen LogP contribution in [0.5, 0.6) is 5.75 Å². The second-order valence-electron chi connectivity index (χ2n) is 7.22. The van der Waals surface area contributed by atoms with Crippen molar-refractivity contribution in [2.75, 3.05) is 33.3 Å². The van der Waals surface area contributed by atoms with Gasteiger partial charge in [0, 0.05) is 25.7 Å². The van der Waals surface area contributed by atoms with E-state index in [2.05, 4.69) is 21.6 Å². The molecule has 7 heteroatoms. The van der Waals surface area contributed by atoms with Gasteiger partial charge in [0.15, 0.2) is 0 Å². The number of carbonyl (C=O) groups is 1. The maximum atomic E-state index is 11.2. The normalized spacial score (nSPS) is 26.1. The van der Waals surface area contributed by atoms with Gasteiger partial charge in [-0.05, 0) is 56.0 Å². The molecule has 1 saturated carbocycles. The molecule has 2 bridgehead atoms. The molecular weight excluding hydrogens is 332 g/mol. The molecule has 2 fully saturated rings. The highest BCUT2D eigenvalue weighted by atomic mass is 16.5. The first-order valence-corrected chi connectivity index (χ1v) is 9.11. The predicted octanol–water partition coefficient (Wildman–Crippen LogP) is 1.50. The Labute approximate surface area is 153 Å². The van der Waals surface area contributed by atoms with Crippen LogP contribution < -0.4 is 15.4 Å². The summed E-state index contributed by atoms with van der Waals surface area (Å²) in [5.74, 6) is 1.92. The number of hydrogen-bond donors (Lipinski definition) is 3. The number of hydrogen-bond acceptors (Lipinski definition) is 5. The van der Waals surface area contributed by atoms with Crippen LogP contribution in [-0.4, -0.2) is 61.5 Å². The maximum absolute atomic E-state index is 11.2. The summed E-state index contributed by atoms with van der Waals surface area (Å²) in [5, 5.41) is 24.0. The highest BCUT2D eigenvalue weighted by Gasteiger charge is 2.41. The van der Waals surface area contributed by atoms with E-state index in [1.54, 1.807) is 24.3 Å². The van der Waals surface area contributed by atoms with Crippen LogP contribution in [-0.2, 0) is 0 Å². The van der Waals surface area contributed by atoms with E-state index >= 15 is 0 Å². The summed E-state index contributed by atoms with van der Waals surface area (Å²) in [6.07, 6.45) is 1.45. The summed E-state index contributed by atoms with van der Waals surface area (Å²) in [5.41, 5.74) is 0.570. The zero-order chi connectivity index (χ0) is 18.5. The van der Waals surface area contributed by atoms with Crippen molar-refractivity contribution in [3.05, 3.63) is 29.8 Å². The zero-order valence-electron chi connectivity index (χ0n) is 15.0. The number of nitriles is 1. The summed E-state index contributed by atoms with van der Waals surface area (Å²) < 4.78 is 5.75. The highest BCUT2D eigenvalue weighted by molar-refractivity contribution is 5.64. The third-order valence-corrected chi connectivity index (χ3v) is 5.48. The number of nitrogens with one attached hydrogen (secondary N) is 2. The van der Waals surface area contributed by atoms with E-state index in [4.69, 9.17) is 15.1 Å². The molecule has 1 heterocycles. The first-order chi connectivity index (χ1) is 12.6. The summed E-state index contributed by atoms with van der Waals surface area (Å²) in [4.78, 5) is 13.5. The summed E-state index contributed by atoms with van der Waals surface area (Å²) in [6, 6.07) is 9.20. The van der Waals surface area contributed by atoms with Gasteiger partial charge in [-0.1, -0.05) is 0 Å². The number of fused-ring (bicyclic) bond motifs is 2. The lowest BCUT2D eigenvalue weighted by atomic mass is 9.92. The van der Waals surface area contributed by atoms with Crippen LogP contribution in [0.3, 0.4) is 0 Å². The van der Waals surface area contributed by atoms with Gasteiger partial charge in [-0.2, -0.15) is 5.26 Å². The SMILES string of the molecule is CNC1C2CCC1CN(CC(COc1ccc(C#N)cc1)NC(=O)O)C2. The largest absolute Gasteiger partial charge is 0.491 e. The Morgan fingerprint density at radius 1 is 1.35 bits per heavy atom. The van der Waals surface area contributed by atoms with E-state index in [-0.39, 0.29) is 12.6 Å². The van der Waals surface area contributed by atoms with Crippen LogP contribution in [0.1, 0.15) is 18.4 Å². The molecule has 26 heavy (non-hydrogen) atoms. The van der Waals surface area contributed by atoms with E-state index in [1.165, 1.54) is 12.8 Å². The van der Waals surface area contributed by atoms with Gasteiger partial charge in [-0.25, -0.2) is 4.79 Å². The molecule has 3 atom stereocenters. The Morgan fingerprint density at radius 3 is 2.54 bits per heavy atom. The Morgan fingerprint density at radius 2 is 2.00 bits per heavy atom. The molecule has 3 N–H and O–H groups in total. The van der Waals surface area contributed by atoms with E-state index in [0.717, 1.165) is 13.1 Å². The standard InChI is InChI=1S/C19H26N4O3/c1-21-18-14-4-5-15(18)10-23(9-14)11-16(22-19(24)25)12-26-17-6-2-13(8-20)3-7-17/h2-3,6-7,14-16,18,21-22H,4-5,9-12H2,1H3,(H,24,25). The molecule has 1 aliphatic carbocycles. The van der Waals surface area contributed by atoms with Gasteiger partial charge in [-0.3, -0.25) is 0 Å². The van der Waals surface area contributed by atoms with Gasteiger partial charge in [0.05, 0.1) is 17.7 Å². The van der Waals surface area contributed by atoms with E-state index in [1.807, 2.05) is 7.05 Å². The van der Waals surface area contributed by atoms with E-state index in [9.17, 15) is 4.79 Å². The molecule has 0 radical (unpaired) electrons. The van der Waals surface area contributed by atoms with Crippen molar-refractivity contribution in [1.29, 1.82) is 5.26 Å². The lowest BCUT2D eigenvalue weighted by molar-refractivity contribution is 0.108. The van der Waals surface area contributed by atoms with E-state index < -0.39 is 6.09 Å². The average Bonchev–Trinajstić information content (AvgIpc) is 2.89. The summed E-state index contributed by atoms with van der Waals surface area (Å²) in [6.45, 7) is 2.90. The third kappa shape index (κ3) is 4.45. The molecule has 3 rings (SSSR count). The molecule has 2 aliphatic rings. The third-order valence-electron chi connectivity index (χ3n) is 5.48. The molecule has 1 aromatic rings. The van der Waals surface area contributed by atoms with Gasteiger partial charge >= 0.3 is 6.09 Å². The quantitative estimate of drug-likeness (QED) is 0.683. The van der Waals surface area contributed by atoms with Gasteiger partial charge < -0.3 is 25.4 Å². The molecule has 0 spiro atoms. The van der Waals surface area contributed by atoms with E-state index in [0.29, 0.717) is 35.7 Å². The van der Waals surface area contributed by atoms with Crippen molar-refractivity contribution < 1.29 is 14.6 Å². The first kappa shape index (κ1) is 18.5. The number of piperidine rings is 1. The monoisotopic (exact) mass is 358 g/mol. The Balaban J connectivity index is 1.56. The number of nitrogens with zero attached hydrogens (tertiary/aromatic N) is 2. The molecular formula is C19H26N4O3. The minimum absolute atomic E-state index is 0.263. The Hall–Kier alpha value is -2.30. The molecule has 140 valence electrons. The lowest BCUT2D eigenvalue weighted by Crippen LogP contribution is -2.54. The van der Waals surface area contributed by atoms with Crippen LogP contribution in [0, 0.1) is 23.2 Å². The number of carboxylic acid groups (broad SMARTS) is 1. The van der Waals surface area contributed by atoms with Crippen LogP contribution in [0.15, 0.2) is 24.3 Å². The zero-order valence-corrected chi connectivity index (χ0v) is 15.0. The fourth-order valence-electron chi connectivity index (χ4n) is 4.39. The Kier molecular flexibility index (Phi) is 5.96. The molecule has 7 nitrogen and oxygen atoms in total. The van der Waals surface area contributed by atoms with Crippen LogP contribution in [0.25, 0.3) is 0 Å². The van der Waals surface area contributed by atoms with Gasteiger partial charge in [0.2, 0.25) is 0 Å². The Bertz CT molecular complexity index is 644.